The summed E-state index contributed by atoms with van der Waals surface area (Å²) in [5.41, 5.74) is 0.915. The van der Waals surface area contributed by atoms with Crippen LogP contribution in [0.2, 0.25) is 0 Å². The molecule has 0 saturated heterocycles. The van der Waals surface area contributed by atoms with Crippen LogP contribution >= 0.6 is 7.60 Å². The molecule has 1 amide bonds. The summed E-state index contributed by atoms with van der Waals surface area (Å²) in [6.07, 6.45) is -0.411. The molecule has 1 rings (SSSR count). The lowest BCUT2D eigenvalue weighted by Gasteiger charge is -2.21. The maximum Gasteiger partial charge on any atom is 0.364 e. The maximum absolute atomic E-state index is 14.2. The number of nitrogens with zero attached hydrogens (tertiary/aromatic N) is 1. The first kappa shape index (κ1) is 20.8. The molecule has 0 saturated carbocycles. The van der Waals surface area contributed by atoms with Crippen molar-refractivity contribution in [2.24, 2.45) is 0 Å². The average Bonchev–Trinajstić information content (AvgIpc) is 2.58. The molecule has 0 fully saturated rings. The minimum Gasteiger partial charge on any atom is -0.307 e. The molecule has 6 nitrogen and oxygen atoms in total. The van der Waals surface area contributed by atoms with Crippen molar-refractivity contribution < 1.29 is 27.6 Å². The lowest BCUT2D eigenvalue weighted by Crippen LogP contribution is -2.27. The van der Waals surface area contributed by atoms with Gasteiger partial charge in [-0.2, -0.15) is 0 Å². The Morgan fingerprint density at radius 2 is 1.79 bits per heavy atom. The number of hydrogen-bond acceptors (Lipinski definition) is 5. The highest BCUT2D eigenvalue weighted by molar-refractivity contribution is 7.54. The second kappa shape index (κ2) is 10.6. The Balaban J connectivity index is 2.44. The summed E-state index contributed by atoms with van der Waals surface area (Å²) in [4.78, 5) is 17.3. The lowest BCUT2D eigenvalue weighted by molar-refractivity contribution is -0.182. The normalized spacial score (nSPS) is 12.8. The van der Waals surface area contributed by atoms with Crippen LogP contribution in [0.15, 0.2) is 30.3 Å². The number of alkyl halides is 1. The van der Waals surface area contributed by atoms with Gasteiger partial charge in [-0.15, -0.1) is 0 Å². The van der Waals surface area contributed by atoms with Gasteiger partial charge in [-0.1, -0.05) is 30.3 Å². The maximum atomic E-state index is 14.2. The van der Waals surface area contributed by atoms with Crippen molar-refractivity contribution in [1.82, 2.24) is 5.06 Å². The van der Waals surface area contributed by atoms with E-state index in [0.717, 1.165) is 10.6 Å². The van der Waals surface area contributed by atoms with Gasteiger partial charge < -0.3 is 9.05 Å². The molecule has 1 unspecified atom stereocenters. The fourth-order valence-corrected chi connectivity index (χ4v) is 3.50. The van der Waals surface area contributed by atoms with Gasteiger partial charge in [-0.25, -0.2) is 9.45 Å². The van der Waals surface area contributed by atoms with Gasteiger partial charge in [0.15, 0.2) is 0 Å². The zero-order chi connectivity index (χ0) is 18.0. The van der Waals surface area contributed by atoms with Gasteiger partial charge >= 0.3 is 7.60 Å². The van der Waals surface area contributed by atoms with Gasteiger partial charge in [-0.05, 0) is 25.8 Å². The Labute approximate surface area is 142 Å². The predicted molar refractivity (Wildman–Crippen MR) is 89.0 cm³/mol. The van der Waals surface area contributed by atoms with Crippen LogP contribution in [-0.2, 0) is 29.9 Å². The molecule has 0 spiro atoms. The van der Waals surface area contributed by atoms with Crippen LogP contribution in [0.3, 0.4) is 0 Å². The van der Waals surface area contributed by atoms with Crippen LogP contribution in [-0.4, -0.2) is 37.1 Å². The van der Waals surface area contributed by atoms with Crippen LogP contribution in [0.1, 0.15) is 32.3 Å². The molecular weight excluding hydrogens is 336 g/mol. The second-order valence-electron chi connectivity index (χ2n) is 5.00. The van der Waals surface area contributed by atoms with E-state index in [0.29, 0.717) is 0 Å². The monoisotopic (exact) mass is 361 g/mol. The van der Waals surface area contributed by atoms with Gasteiger partial charge in [0.25, 0.3) is 0 Å². The van der Waals surface area contributed by atoms with Crippen molar-refractivity contribution in [1.29, 1.82) is 0 Å². The molecule has 1 aromatic carbocycles. The third-order valence-corrected chi connectivity index (χ3v) is 5.36. The largest absolute Gasteiger partial charge is 0.364 e. The van der Waals surface area contributed by atoms with Gasteiger partial charge in [0, 0.05) is 13.5 Å². The summed E-state index contributed by atoms with van der Waals surface area (Å²) in [7, 11) is -2.38. The van der Waals surface area contributed by atoms with E-state index >= 15 is 0 Å². The number of hydrogen-bond donors (Lipinski definition) is 0. The first-order chi connectivity index (χ1) is 11.4. The van der Waals surface area contributed by atoms with Crippen molar-refractivity contribution in [3.8, 4) is 0 Å². The van der Waals surface area contributed by atoms with Gasteiger partial charge in [0.05, 0.1) is 13.2 Å². The first-order valence-corrected chi connectivity index (χ1v) is 9.50. The number of carbonyl (C=O) groups is 1. The number of halogens is 1. The molecule has 0 radical (unpaired) electrons. The minimum atomic E-state index is -3.84. The van der Waals surface area contributed by atoms with Crippen molar-refractivity contribution >= 4 is 13.5 Å². The quantitative estimate of drug-likeness (QED) is 0.441. The summed E-state index contributed by atoms with van der Waals surface area (Å²) in [5.74, 6) is -2.25. The number of hydroxylamine groups is 2. The number of amides is 1. The van der Waals surface area contributed by atoms with Gasteiger partial charge in [0.2, 0.25) is 11.8 Å². The van der Waals surface area contributed by atoms with Crippen molar-refractivity contribution in [3.63, 3.8) is 0 Å². The van der Waals surface area contributed by atoms with Crippen LogP contribution in [0.25, 0.3) is 0 Å². The van der Waals surface area contributed by atoms with E-state index in [-0.39, 0.29) is 32.7 Å². The standard InChI is InChI=1S/C16H25FNO5P/c1-4-22-24(20,23-5-2)15(17)11-12-16(19)18(3)21-13-14-9-7-6-8-10-14/h6-10,15H,4-5,11-13H2,1-3H3. The van der Waals surface area contributed by atoms with Crippen LogP contribution in [0.4, 0.5) is 4.39 Å². The van der Waals surface area contributed by atoms with Gasteiger partial charge in [0.1, 0.15) is 6.61 Å². The molecule has 0 aliphatic carbocycles. The fraction of sp³-hybridized carbons (Fsp3) is 0.562. The molecule has 0 heterocycles. The second-order valence-corrected chi connectivity index (χ2v) is 7.16. The highest BCUT2D eigenvalue weighted by Gasteiger charge is 2.36. The molecule has 8 heteroatoms. The summed E-state index contributed by atoms with van der Waals surface area (Å²) >= 11 is 0. The number of benzene rings is 1. The van der Waals surface area contributed by atoms with E-state index in [1.165, 1.54) is 7.05 Å². The Morgan fingerprint density at radius 1 is 1.21 bits per heavy atom. The third kappa shape index (κ3) is 6.69. The first-order valence-electron chi connectivity index (χ1n) is 7.89. The van der Waals surface area contributed by atoms with Crippen molar-refractivity contribution in [2.45, 2.75) is 39.2 Å². The van der Waals surface area contributed by atoms with E-state index < -0.39 is 19.4 Å². The Bertz CT molecular complexity index is 533. The molecule has 0 aliphatic heterocycles. The Morgan fingerprint density at radius 3 is 2.33 bits per heavy atom. The number of carbonyl (C=O) groups excluding carboxylic acids is 1. The predicted octanol–water partition coefficient (Wildman–Crippen LogP) is 3.92. The molecule has 0 N–H and O–H groups in total. The van der Waals surface area contributed by atoms with Crippen LogP contribution < -0.4 is 0 Å². The number of rotatable bonds is 11. The van der Waals surface area contributed by atoms with E-state index in [1.54, 1.807) is 13.8 Å². The van der Waals surface area contributed by atoms with Crippen LogP contribution in [0.5, 0.6) is 0 Å². The molecular formula is C16H25FNO5P. The summed E-state index contributed by atoms with van der Waals surface area (Å²) in [5, 5.41) is 1.06. The molecule has 24 heavy (non-hydrogen) atoms. The Kier molecular flexibility index (Phi) is 9.14. The SMILES string of the molecule is CCOP(=O)(OCC)C(F)CCC(=O)N(C)OCc1ccccc1. The van der Waals surface area contributed by atoms with Crippen molar-refractivity contribution in [2.75, 3.05) is 20.3 Å². The van der Waals surface area contributed by atoms with E-state index in [9.17, 15) is 13.8 Å². The third-order valence-electron chi connectivity index (χ3n) is 3.18. The summed E-state index contributed by atoms with van der Waals surface area (Å²) in [6, 6.07) is 9.36. The smallest absolute Gasteiger partial charge is 0.307 e. The highest BCUT2D eigenvalue weighted by atomic mass is 31.2. The van der Waals surface area contributed by atoms with E-state index in [1.807, 2.05) is 30.3 Å². The fourth-order valence-electron chi connectivity index (χ4n) is 1.93. The zero-order valence-electron chi connectivity index (χ0n) is 14.3. The van der Waals surface area contributed by atoms with Crippen LogP contribution in [0, 0.1) is 0 Å². The van der Waals surface area contributed by atoms with E-state index in [2.05, 4.69) is 0 Å². The highest BCUT2D eigenvalue weighted by Crippen LogP contribution is 2.55. The molecule has 0 aromatic heterocycles. The topological polar surface area (TPSA) is 65.1 Å². The summed E-state index contributed by atoms with van der Waals surface area (Å²) in [6.45, 7) is 3.60. The summed E-state index contributed by atoms with van der Waals surface area (Å²) < 4.78 is 36.3. The zero-order valence-corrected chi connectivity index (χ0v) is 15.2. The van der Waals surface area contributed by atoms with Gasteiger partial charge in [-0.3, -0.25) is 14.2 Å². The molecule has 0 bridgehead atoms. The van der Waals surface area contributed by atoms with E-state index in [4.69, 9.17) is 13.9 Å². The van der Waals surface area contributed by atoms with Crippen molar-refractivity contribution in [3.05, 3.63) is 35.9 Å². The molecule has 136 valence electrons. The molecule has 0 aliphatic rings. The molecule has 1 aromatic rings. The Hall–Kier alpha value is -1.27. The molecule has 1 atom stereocenters. The average molecular weight is 361 g/mol. The minimum absolute atomic E-state index is 0.0751. The lowest BCUT2D eigenvalue weighted by atomic mass is 10.2.